The maximum Gasteiger partial charge on any atom is 0.295 e. The number of ether oxygens (including phenoxy) is 3. The first-order chi connectivity index (χ1) is 20.3. The van der Waals surface area contributed by atoms with Crippen molar-refractivity contribution in [1.82, 2.24) is 9.80 Å². The van der Waals surface area contributed by atoms with Gasteiger partial charge in [-0.05, 0) is 87.9 Å². The molecule has 5 rings (SSSR count). The third-order valence-corrected chi connectivity index (χ3v) is 7.53. The van der Waals surface area contributed by atoms with Crippen LogP contribution in [0.5, 0.6) is 17.2 Å². The zero-order valence-corrected chi connectivity index (χ0v) is 24.6. The lowest BCUT2D eigenvalue weighted by molar-refractivity contribution is -0.139. The quantitative estimate of drug-likeness (QED) is 0.189. The zero-order valence-electron chi connectivity index (χ0n) is 24.6. The first-order valence-electron chi connectivity index (χ1n) is 14.4. The average molecular weight is 571 g/mol. The number of ketones is 1. The molecule has 8 nitrogen and oxygen atoms in total. The summed E-state index contributed by atoms with van der Waals surface area (Å²) in [6.07, 6.45) is 1.42. The number of benzene rings is 3. The van der Waals surface area contributed by atoms with Gasteiger partial charge in [0.25, 0.3) is 11.7 Å². The van der Waals surface area contributed by atoms with Crippen LogP contribution in [-0.4, -0.2) is 66.5 Å². The number of hydrogen-bond donors (Lipinski definition) is 1. The van der Waals surface area contributed by atoms with Gasteiger partial charge in [0, 0.05) is 18.5 Å². The highest BCUT2D eigenvalue weighted by Crippen LogP contribution is 2.43. The molecule has 2 aliphatic rings. The van der Waals surface area contributed by atoms with E-state index in [1.165, 1.54) is 0 Å². The number of likely N-dealkylation sites (tertiary alicyclic amines) is 1. The van der Waals surface area contributed by atoms with E-state index in [4.69, 9.17) is 14.2 Å². The van der Waals surface area contributed by atoms with Gasteiger partial charge in [-0.25, -0.2) is 0 Å². The van der Waals surface area contributed by atoms with Crippen LogP contribution in [0.25, 0.3) is 5.76 Å². The largest absolute Gasteiger partial charge is 0.507 e. The zero-order chi connectivity index (χ0) is 29.8. The van der Waals surface area contributed by atoms with Gasteiger partial charge < -0.3 is 29.1 Å². The van der Waals surface area contributed by atoms with Gasteiger partial charge in [-0.3, -0.25) is 9.59 Å². The van der Waals surface area contributed by atoms with Crippen LogP contribution in [0.4, 0.5) is 0 Å². The molecule has 0 unspecified atom stereocenters. The molecule has 2 aliphatic heterocycles. The predicted octanol–water partition coefficient (Wildman–Crippen LogP) is 5.36. The third kappa shape index (κ3) is 6.14. The number of Topliss-reactive ketones (excluding diaryl/α,β-unsaturated/α-hetero) is 1. The van der Waals surface area contributed by atoms with E-state index in [0.29, 0.717) is 55.2 Å². The number of carbonyl (C=O) groups is 2. The minimum Gasteiger partial charge on any atom is -0.507 e. The van der Waals surface area contributed by atoms with Crippen LogP contribution < -0.4 is 14.2 Å². The fourth-order valence-electron chi connectivity index (χ4n) is 5.56. The molecule has 220 valence electrons. The van der Waals surface area contributed by atoms with E-state index in [1.807, 2.05) is 87.4 Å². The first-order valence-corrected chi connectivity index (χ1v) is 14.4. The molecule has 0 radical (unpaired) electrons. The molecule has 0 bridgehead atoms. The molecule has 1 N–H and O–H groups in total. The number of hydrogen-bond acceptors (Lipinski definition) is 7. The lowest BCUT2D eigenvalue weighted by atomic mass is 9.94. The molecule has 3 aromatic carbocycles. The molecule has 2 atom stereocenters. The number of aliphatic hydroxyl groups excluding tert-OH is 1. The van der Waals surface area contributed by atoms with Crippen LogP contribution in [0.2, 0.25) is 0 Å². The van der Waals surface area contributed by atoms with E-state index in [2.05, 4.69) is 0 Å². The van der Waals surface area contributed by atoms with Crippen molar-refractivity contribution in [3.05, 3.63) is 94.6 Å². The summed E-state index contributed by atoms with van der Waals surface area (Å²) in [7, 11) is 3.93. The highest BCUT2D eigenvalue weighted by molar-refractivity contribution is 6.46. The maximum absolute atomic E-state index is 13.5. The van der Waals surface area contributed by atoms with Crippen molar-refractivity contribution in [2.24, 2.45) is 0 Å². The van der Waals surface area contributed by atoms with E-state index in [-0.39, 0.29) is 17.4 Å². The van der Waals surface area contributed by atoms with Crippen molar-refractivity contribution in [2.45, 2.75) is 45.4 Å². The maximum atomic E-state index is 13.5. The van der Waals surface area contributed by atoms with Crippen molar-refractivity contribution in [2.75, 3.05) is 33.8 Å². The molecule has 1 saturated heterocycles. The lowest BCUT2D eigenvalue weighted by Gasteiger charge is -2.26. The molecule has 0 aromatic heterocycles. The summed E-state index contributed by atoms with van der Waals surface area (Å²) in [5, 5.41) is 11.6. The van der Waals surface area contributed by atoms with Crippen molar-refractivity contribution in [1.29, 1.82) is 0 Å². The second-order valence-corrected chi connectivity index (χ2v) is 11.0. The number of aliphatic hydroxyl groups is 1. The summed E-state index contributed by atoms with van der Waals surface area (Å²) in [6, 6.07) is 19.9. The Labute approximate surface area is 247 Å². The van der Waals surface area contributed by atoms with Gasteiger partial charge in [-0.15, -0.1) is 0 Å². The van der Waals surface area contributed by atoms with Crippen LogP contribution in [0, 0.1) is 0 Å². The summed E-state index contributed by atoms with van der Waals surface area (Å²) >= 11 is 0. The van der Waals surface area contributed by atoms with Gasteiger partial charge in [0.05, 0.1) is 18.2 Å². The highest BCUT2D eigenvalue weighted by atomic mass is 16.5. The summed E-state index contributed by atoms with van der Waals surface area (Å²) in [5.41, 5.74) is 3.19. The van der Waals surface area contributed by atoms with Gasteiger partial charge in [0.15, 0.2) is 11.5 Å². The Hall–Kier alpha value is -4.30. The monoisotopic (exact) mass is 570 g/mol. The molecule has 1 amide bonds. The predicted molar refractivity (Wildman–Crippen MR) is 161 cm³/mol. The van der Waals surface area contributed by atoms with Crippen LogP contribution in [0.15, 0.2) is 72.3 Å². The van der Waals surface area contributed by atoms with E-state index < -0.39 is 17.7 Å². The number of fused-ring (bicyclic) bond motifs is 1. The van der Waals surface area contributed by atoms with Crippen LogP contribution >= 0.6 is 0 Å². The number of rotatable bonds is 11. The van der Waals surface area contributed by atoms with Gasteiger partial charge >= 0.3 is 0 Å². The highest BCUT2D eigenvalue weighted by Gasteiger charge is 2.46. The SMILES string of the molecule is CCOc1cc([C@H]2C(=C(O)c3ccc4c(c3)C[C@@H](C)O4)C(=O)C(=O)N2CCCN(C)C)ccc1OCc1ccccc1. The lowest BCUT2D eigenvalue weighted by Crippen LogP contribution is -2.32. The van der Waals surface area contributed by atoms with Crippen LogP contribution in [0.3, 0.4) is 0 Å². The summed E-state index contributed by atoms with van der Waals surface area (Å²) in [5.74, 6) is 0.316. The van der Waals surface area contributed by atoms with Gasteiger partial charge in [-0.1, -0.05) is 36.4 Å². The van der Waals surface area contributed by atoms with Crippen molar-refractivity contribution in [3.8, 4) is 17.2 Å². The Morgan fingerprint density at radius 1 is 1.02 bits per heavy atom. The van der Waals surface area contributed by atoms with E-state index in [9.17, 15) is 14.7 Å². The molecule has 0 spiro atoms. The van der Waals surface area contributed by atoms with Crippen LogP contribution in [-0.2, 0) is 22.6 Å². The Bertz CT molecular complexity index is 1480. The first kappa shape index (κ1) is 29.2. The van der Waals surface area contributed by atoms with Gasteiger partial charge in [-0.2, -0.15) is 0 Å². The average Bonchev–Trinajstić information content (AvgIpc) is 3.47. The molecule has 8 heteroatoms. The summed E-state index contributed by atoms with van der Waals surface area (Å²) < 4.78 is 17.9. The number of nitrogens with zero attached hydrogens (tertiary/aromatic N) is 2. The minimum absolute atomic E-state index is 0.0410. The molecule has 1 fully saturated rings. The van der Waals surface area contributed by atoms with Crippen molar-refractivity contribution in [3.63, 3.8) is 0 Å². The van der Waals surface area contributed by atoms with Crippen molar-refractivity contribution >= 4 is 17.4 Å². The van der Waals surface area contributed by atoms with Gasteiger partial charge in [0.1, 0.15) is 24.2 Å². The molecular formula is C34H38N2O6. The third-order valence-electron chi connectivity index (χ3n) is 7.53. The topological polar surface area (TPSA) is 88.5 Å². The van der Waals surface area contributed by atoms with Crippen molar-refractivity contribution < 1.29 is 28.9 Å². The van der Waals surface area contributed by atoms with Gasteiger partial charge in [0.2, 0.25) is 0 Å². The normalized spacial score (nSPS) is 19.2. The Balaban J connectivity index is 1.54. The van der Waals surface area contributed by atoms with E-state index in [1.54, 1.807) is 17.0 Å². The Morgan fingerprint density at radius 2 is 1.81 bits per heavy atom. The second-order valence-electron chi connectivity index (χ2n) is 11.0. The smallest absolute Gasteiger partial charge is 0.295 e. The Morgan fingerprint density at radius 3 is 2.55 bits per heavy atom. The second kappa shape index (κ2) is 12.7. The fraction of sp³-hybridized carbons (Fsp3) is 0.353. The fourth-order valence-corrected chi connectivity index (χ4v) is 5.56. The number of amides is 1. The van der Waals surface area contributed by atoms with E-state index >= 15 is 0 Å². The Kier molecular flexibility index (Phi) is 8.83. The van der Waals surface area contributed by atoms with Crippen LogP contribution in [0.1, 0.15) is 48.6 Å². The molecule has 0 saturated carbocycles. The molecule has 2 heterocycles. The molecular weight excluding hydrogens is 532 g/mol. The minimum atomic E-state index is -0.780. The summed E-state index contributed by atoms with van der Waals surface area (Å²) in [6.45, 7) is 5.75. The van der Waals surface area contributed by atoms with E-state index in [0.717, 1.165) is 23.4 Å². The molecule has 0 aliphatic carbocycles. The molecule has 42 heavy (non-hydrogen) atoms. The number of carbonyl (C=O) groups excluding carboxylic acids is 2. The standard InChI is InChI=1S/C34H38N2O6/c1-5-40-29-20-24(12-15-28(29)41-21-23-10-7-6-8-11-23)31-30(33(38)34(39)36(31)17-9-16-35(3)4)32(37)25-13-14-27-26(19-25)18-22(2)42-27/h6-8,10-15,19-20,22,31,37H,5,9,16-18,21H2,1-4H3/t22-,31+/m1/s1. The summed E-state index contributed by atoms with van der Waals surface area (Å²) in [4.78, 5) is 30.5. The molecule has 3 aromatic rings.